The summed E-state index contributed by atoms with van der Waals surface area (Å²) < 4.78 is 26.1. The quantitative estimate of drug-likeness (QED) is 0.418. The molecule has 0 aliphatic heterocycles. The number of hydrogen-bond donors (Lipinski definition) is 1. The number of amides is 2. The first kappa shape index (κ1) is 28.9. The maximum absolute atomic E-state index is 13.3. The van der Waals surface area contributed by atoms with E-state index in [1.54, 1.807) is 43.3 Å². The molecule has 2 aromatic rings. The summed E-state index contributed by atoms with van der Waals surface area (Å²) in [6.45, 7) is 6.34. The lowest BCUT2D eigenvalue weighted by atomic mass is 10.1. The minimum Gasteiger partial charge on any atom is -0.354 e. The molecule has 0 spiro atoms. The van der Waals surface area contributed by atoms with Crippen LogP contribution in [0.15, 0.2) is 42.5 Å². The number of benzene rings is 2. The lowest BCUT2D eigenvalue weighted by Gasteiger charge is -2.29. The standard InChI is InChI=1S/C25H33Cl2N3O4S/c1-5-13-28-25(32)19(3)29(17-20-11-12-22(26)23(27)16-20)24(31)10-7-14-30(35(4,33)34)21-9-6-8-18(2)15-21/h6,8-9,11-12,15-16,19H,5,7,10,13-14,17H2,1-4H3,(H,28,32)/t19-/m0/s1. The zero-order valence-electron chi connectivity index (χ0n) is 20.6. The highest BCUT2D eigenvalue weighted by atomic mass is 35.5. The average molecular weight is 543 g/mol. The van der Waals surface area contributed by atoms with Crippen LogP contribution in [-0.4, -0.2) is 50.5 Å². The molecule has 7 nitrogen and oxygen atoms in total. The molecule has 2 amide bonds. The van der Waals surface area contributed by atoms with Crippen LogP contribution in [0.1, 0.15) is 44.2 Å². The van der Waals surface area contributed by atoms with Crippen LogP contribution in [0, 0.1) is 6.92 Å². The van der Waals surface area contributed by atoms with Crippen LogP contribution < -0.4 is 9.62 Å². The first-order chi connectivity index (χ1) is 16.4. The lowest BCUT2D eigenvalue weighted by Crippen LogP contribution is -2.47. The molecule has 0 radical (unpaired) electrons. The molecule has 10 heteroatoms. The number of aryl methyl sites for hydroxylation is 1. The fraction of sp³-hybridized carbons (Fsp3) is 0.440. The van der Waals surface area contributed by atoms with Gasteiger partial charge in [0.25, 0.3) is 0 Å². The molecule has 0 aliphatic rings. The predicted molar refractivity (Wildman–Crippen MR) is 142 cm³/mol. The largest absolute Gasteiger partial charge is 0.354 e. The topological polar surface area (TPSA) is 86.8 Å². The molecular weight excluding hydrogens is 509 g/mol. The molecule has 0 bridgehead atoms. The molecule has 1 N–H and O–H groups in total. The highest BCUT2D eigenvalue weighted by Gasteiger charge is 2.26. The fourth-order valence-corrected chi connectivity index (χ4v) is 4.88. The molecule has 192 valence electrons. The SMILES string of the molecule is CCCNC(=O)[C@H](C)N(Cc1ccc(Cl)c(Cl)c1)C(=O)CCCN(c1cccc(C)c1)S(C)(=O)=O. The molecule has 0 fully saturated rings. The van der Waals surface area contributed by atoms with Crippen LogP contribution in [0.4, 0.5) is 5.69 Å². The maximum atomic E-state index is 13.3. The van der Waals surface area contributed by atoms with Gasteiger partial charge in [-0.15, -0.1) is 0 Å². The normalized spacial score (nSPS) is 12.2. The minimum absolute atomic E-state index is 0.0740. The summed E-state index contributed by atoms with van der Waals surface area (Å²) in [5.74, 6) is -0.509. The van der Waals surface area contributed by atoms with Crippen molar-refractivity contribution < 1.29 is 18.0 Å². The van der Waals surface area contributed by atoms with Crippen molar-refractivity contribution in [3.8, 4) is 0 Å². The second kappa shape index (κ2) is 13.1. The Morgan fingerprint density at radius 2 is 1.80 bits per heavy atom. The molecule has 35 heavy (non-hydrogen) atoms. The summed E-state index contributed by atoms with van der Waals surface area (Å²) >= 11 is 12.2. The number of nitrogens with zero attached hydrogens (tertiary/aromatic N) is 2. The Morgan fingerprint density at radius 1 is 1.09 bits per heavy atom. The summed E-state index contributed by atoms with van der Waals surface area (Å²) in [4.78, 5) is 27.4. The molecule has 0 unspecified atom stereocenters. The van der Waals surface area contributed by atoms with Crippen LogP contribution in [0.5, 0.6) is 0 Å². The molecule has 0 saturated heterocycles. The van der Waals surface area contributed by atoms with Gasteiger partial charge >= 0.3 is 0 Å². The summed E-state index contributed by atoms with van der Waals surface area (Å²) in [5.41, 5.74) is 2.23. The molecule has 2 rings (SSSR count). The molecule has 2 aromatic carbocycles. The number of hydrogen-bond acceptors (Lipinski definition) is 4. The Labute approximate surface area is 218 Å². The molecule has 1 atom stereocenters. The number of carbonyl (C=O) groups is 2. The van der Waals surface area contributed by atoms with E-state index in [2.05, 4.69) is 5.32 Å². The van der Waals surface area contributed by atoms with Crippen LogP contribution in [0.25, 0.3) is 0 Å². The number of carbonyl (C=O) groups excluding carboxylic acids is 2. The van der Waals surface area contributed by atoms with E-state index in [0.29, 0.717) is 28.7 Å². The summed E-state index contributed by atoms with van der Waals surface area (Å²) in [5, 5.41) is 3.59. The van der Waals surface area contributed by atoms with Gasteiger partial charge in [-0.2, -0.15) is 0 Å². The number of halogens is 2. The Kier molecular flexibility index (Phi) is 10.9. The highest BCUT2D eigenvalue weighted by molar-refractivity contribution is 7.92. The van der Waals surface area contributed by atoms with Crippen LogP contribution in [0.2, 0.25) is 10.0 Å². The third-order valence-corrected chi connectivity index (χ3v) is 7.43. The minimum atomic E-state index is -3.53. The van der Waals surface area contributed by atoms with Crippen LogP contribution in [0.3, 0.4) is 0 Å². The number of sulfonamides is 1. The van der Waals surface area contributed by atoms with E-state index >= 15 is 0 Å². The van der Waals surface area contributed by atoms with Gasteiger partial charge in [0.1, 0.15) is 6.04 Å². The predicted octanol–water partition coefficient (Wildman–Crippen LogP) is 4.79. The Morgan fingerprint density at radius 3 is 2.40 bits per heavy atom. The van der Waals surface area contributed by atoms with Gasteiger partial charge < -0.3 is 10.2 Å². The molecular formula is C25H33Cl2N3O4S. The van der Waals surface area contributed by atoms with Crippen molar-refractivity contribution in [2.45, 2.75) is 52.6 Å². The van der Waals surface area contributed by atoms with E-state index in [1.165, 1.54) is 9.21 Å². The van der Waals surface area contributed by atoms with Crippen LogP contribution in [-0.2, 0) is 26.2 Å². The van der Waals surface area contributed by atoms with Crippen molar-refractivity contribution in [1.29, 1.82) is 0 Å². The number of anilines is 1. The summed E-state index contributed by atoms with van der Waals surface area (Å²) in [7, 11) is -3.53. The van der Waals surface area contributed by atoms with E-state index < -0.39 is 16.1 Å². The van der Waals surface area contributed by atoms with Gasteiger partial charge in [-0.05, 0) is 62.1 Å². The second-order valence-electron chi connectivity index (χ2n) is 8.51. The van der Waals surface area contributed by atoms with Gasteiger partial charge in [0, 0.05) is 26.1 Å². The fourth-order valence-electron chi connectivity index (χ4n) is 3.60. The zero-order chi connectivity index (χ0) is 26.2. The monoisotopic (exact) mass is 541 g/mol. The molecule has 0 heterocycles. The van der Waals surface area contributed by atoms with Gasteiger partial charge in [-0.3, -0.25) is 13.9 Å². The molecule has 0 saturated carbocycles. The van der Waals surface area contributed by atoms with Crippen molar-refractivity contribution in [2.75, 3.05) is 23.7 Å². The van der Waals surface area contributed by atoms with Crippen molar-refractivity contribution in [3.63, 3.8) is 0 Å². The van der Waals surface area contributed by atoms with E-state index in [1.807, 2.05) is 19.9 Å². The summed E-state index contributed by atoms with van der Waals surface area (Å²) in [6, 6.07) is 11.6. The third kappa shape index (κ3) is 8.70. The summed E-state index contributed by atoms with van der Waals surface area (Å²) in [6.07, 6.45) is 2.29. The number of nitrogens with one attached hydrogen (secondary N) is 1. The first-order valence-electron chi connectivity index (χ1n) is 11.5. The Balaban J connectivity index is 2.18. The van der Waals surface area contributed by atoms with E-state index in [9.17, 15) is 18.0 Å². The van der Waals surface area contributed by atoms with E-state index in [-0.39, 0.29) is 31.3 Å². The maximum Gasteiger partial charge on any atom is 0.242 e. The third-order valence-electron chi connectivity index (χ3n) is 5.50. The average Bonchev–Trinajstić information content (AvgIpc) is 2.79. The van der Waals surface area contributed by atoms with E-state index in [0.717, 1.165) is 23.8 Å². The van der Waals surface area contributed by atoms with Crippen molar-refractivity contribution >= 4 is 50.7 Å². The zero-order valence-corrected chi connectivity index (χ0v) is 22.9. The lowest BCUT2D eigenvalue weighted by molar-refractivity contribution is -0.140. The van der Waals surface area contributed by atoms with Crippen molar-refractivity contribution in [3.05, 3.63) is 63.6 Å². The van der Waals surface area contributed by atoms with Gasteiger partial charge in [-0.1, -0.05) is 48.3 Å². The van der Waals surface area contributed by atoms with Gasteiger partial charge in [-0.25, -0.2) is 8.42 Å². The van der Waals surface area contributed by atoms with Crippen LogP contribution >= 0.6 is 23.2 Å². The second-order valence-corrected chi connectivity index (χ2v) is 11.2. The smallest absolute Gasteiger partial charge is 0.242 e. The number of rotatable bonds is 12. The van der Waals surface area contributed by atoms with Gasteiger partial charge in [0.05, 0.1) is 22.0 Å². The molecule has 0 aliphatic carbocycles. The van der Waals surface area contributed by atoms with E-state index in [4.69, 9.17) is 23.2 Å². The Hall–Kier alpha value is -2.29. The van der Waals surface area contributed by atoms with Gasteiger partial charge in [0.2, 0.25) is 21.8 Å². The molecule has 0 aromatic heterocycles. The van der Waals surface area contributed by atoms with Gasteiger partial charge in [0.15, 0.2) is 0 Å². The highest BCUT2D eigenvalue weighted by Crippen LogP contribution is 2.24. The first-order valence-corrected chi connectivity index (χ1v) is 14.1. The van der Waals surface area contributed by atoms with Crippen molar-refractivity contribution in [1.82, 2.24) is 10.2 Å². The Bertz CT molecular complexity index is 1140. The van der Waals surface area contributed by atoms with Crippen molar-refractivity contribution in [2.24, 2.45) is 0 Å².